The normalized spacial score (nSPS) is 15.3. The number of aryl methyl sites for hydroxylation is 1. The summed E-state index contributed by atoms with van der Waals surface area (Å²) in [6.45, 7) is 2.06. The molecule has 1 aromatic heterocycles. The van der Waals surface area contributed by atoms with Crippen LogP contribution in [-0.2, 0) is 14.8 Å². The highest BCUT2D eigenvalue weighted by atomic mass is 35.5. The Morgan fingerprint density at radius 1 is 1.24 bits per heavy atom. The van der Waals surface area contributed by atoms with Gasteiger partial charge in [-0.2, -0.15) is 4.31 Å². The van der Waals surface area contributed by atoms with Crippen molar-refractivity contribution in [1.82, 2.24) is 9.21 Å². The van der Waals surface area contributed by atoms with Gasteiger partial charge in [0.15, 0.2) is 12.4 Å². The molecule has 0 N–H and O–H groups in total. The number of hydrogen-bond acceptors (Lipinski definition) is 7. The number of amides is 1. The van der Waals surface area contributed by atoms with Gasteiger partial charge < -0.3 is 9.64 Å². The topological polar surface area (TPSA) is 110 Å². The summed E-state index contributed by atoms with van der Waals surface area (Å²) >= 11 is 6.81. The number of carbonyl (C=O) groups excluding carboxylic acids is 1. The number of sulfonamides is 1. The summed E-state index contributed by atoms with van der Waals surface area (Å²) in [5.41, 5.74) is 0.503. The zero-order chi connectivity index (χ0) is 21.2. The van der Waals surface area contributed by atoms with Crippen LogP contribution < -0.4 is 4.74 Å². The summed E-state index contributed by atoms with van der Waals surface area (Å²) in [6.07, 6.45) is 0. The average molecular weight is 460 g/mol. The van der Waals surface area contributed by atoms with Gasteiger partial charge in [-0.25, -0.2) is 8.42 Å². The molecule has 1 saturated heterocycles. The van der Waals surface area contributed by atoms with Crippen molar-refractivity contribution in [1.29, 1.82) is 0 Å². The van der Waals surface area contributed by atoms with E-state index in [1.807, 2.05) is 0 Å². The van der Waals surface area contributed by atoms with E-state index >= 15 is 0 Å². The standard InChI is InChI=1S/C17H18ClN3O6S2/c1-12-2-3-14(13(10-12)21(23)24)27-11-16(22)19-6-8-20(9-7-19)29(25,26)17-5-4-15(18)28-17/h2-5,10H,6-9,11H2,1H3. The lowest BCUT2D eigenvalue weighted by Crippen LogP contribution is -2.51. The van der Waals surface area contributed by atoms with Crippen molar-refractivity contribution >= 4 is 44.6 Å². The lowest BCUT2D eigenvalue weighted by atomic mass is 10.2. The molecule has 0 bridgehead atoms. The molecular weight excluding hydrogens is 442 g/mol. The number of carbonyl (C=O) groups is 1. The minimum absolute atomic E-state index is 0.0183. The summed E-state index contributed by atoms with van der Waals surface area (Å²) in [6, 6.07) is 7.48. The van der Waals surface area contributed by atoms with E-state index in [-0.39, 0.29) is 54.3 Å². The van der Waals surface area contributed by atoms with Crippen LogP contribution in [0.1, 0.15) is 5.56 Å². The van der Waals surface area contributed by atoms with E-state index in [0.717, 1.165) is 11.3 Å². The summed E-state index contributed by atoms with van der Waals surface area (Å²) in [5, 5.41) is 11.1. The molecule has 1 aliphatic heterocycles. The Morgan fingerprint density at radius 2 is 1.93 bits per heavy atom. The minimum Gasteiger partial charge on any atom is -0.477 e. The highest BCUT2D eigenvalue weighted by Gasteiger charge is 2.31. The molecule has 0 aliphatic carbocycles. The van der Waals surface area contributed by atoms with Gasteiger partial charge in [0.2, 0.25) is 0 Å². The molecule has 1 aliphatic rings. The number of hydrogen-bond donors (Lipinski definition) is 0. The van der Waals surface area contributed by atoms with Gasteiger partial charge in [0, 0.05) is 32.2 Å². The monoisotopic (exact) mass is 459 g/mol. The average Bonchev–Trinajstić information content (AvgIpc) is 3.14. The molecule has 0 radical (unpaired) electrons. The minimum atomic E-state index is -3.64. The molecule has 0 spiro atoms. The van der Waals surface area contributed by atoms with Gasteiger partial charge in [-0.1, -0.05) is 17.7 Å². The van der Waals surface area contributed by atoms with E-state index in [1.165, 1.54) is 33.5 Å². The number of halogens is 1. The predicted octanol–water partition coefficient (Wildman–Crippen LogP) is 2.53. The Labute approximate surface area is 176 Å². The third-order valence-corrected chi connectivity index (χ3v) is 7.99. The molecule has 0 saturated carbocycles. The van der Waals surface area contributed by atoms with Gasteiger partial charge >= 0.3 is 5.69 Å². The van der Waals surface area contributed by atoms with E-state index < -0.39 is 14.9 Å². The van der Waals surface area contributed by atoms with E-state index in [0.29, 0.717) is 9.90 Å². The van der Waals surface area contributed by atoms with E-state index in [2.05, 4.69) is 0 Å². The lowest BCUT2D eigenvalue weighted by Gasteiger charge is -2.33. The van der Waals surface area contributed by atoms with Crippen LogP contribution in [0, 0.1) is 17.0 Å². The highest BCUT2D eigenvalue weighted by Crippen LogP contribution is 2.29. The highest BCUT2D eigenvalue weighted by molar-refractivity contribution is 7.91. The zero-order valence-corrected chi connectivity index (χ0v) is 17.8. The molecule has 29 heavy (non-hydrogen) atoms. The second-order valence-electron chi connectivity index (χ2n) is 6.36. The first kappa shape index (κ1) is 21.5. The quantitative estimate of drug-likeness (QED) is 0.485. The Kier molecular flexibility index (Phi) is 6.42. The molecule has 0 unspecified atom stereocenters. The number of nitro benzene ring substituents is 1. The molecular formula is C17H18ClN3O6S2. The molecule has 2 aromatic rings. The van der Waals surface area contributed by atoms with Gasteiger partial charge in [0.25, 0.3) is 15.9 Å². The van der Waals surface area contributed by atoms with E-state index in [1.54, 1.807) is 13.0 Å². The van der Waals surface area contributed by atoms with Crippen LogP contribution in [0.4, 0.5) is 5.69 Å². The van der Waals surface area contributed by atoms with E-state index in [4.69, 9.17) is 16.3 Å². The maximum atomic E-state index is 12.6. The van der Waals surface area contributed by atoms with Crippen molar-refractivity contribution in [3.63, 3.8) is 0 Å². The van der Waals surface area contributed by atoms with Crippen molar-refractivity contribution in [2.24, 2.45) is 0 Å². The third kappa shape index (κ3) is 4.86. The molecule has 1 aromatic carbocycles. The van der Waals surface area contributed by atoms with Crippen molar-refractivity contribution in [3.8, 4) is 5.75 Å². The van der Waals surface area contributed by atoms with Crippen molar-refractivity contribution < 1.29 is 22.9 Å². The Hall–Kier alpha value is -2.21. The van der Waals surface area contributed by atoms with Crippen LogP contribution in [0.2, 0.25) is 4.34 Å². The van der Waals surface area contributed by atoms with Crippen LogP contribution in [-0.4, -0.2) is 61.2 Å². The second-order valence-corrected chi connectivity index (χ2v) is 10.2. The SMILES string of the molecule is Cc1ccc(OCC(=O)N2CCN(S(=O)(=O)c3ccc(Cl)s3)CC2)c([N+](=O)[O-])c1. The fraction of sp³-hybridized carbons (Fsp3) is 0.353. The van der Waals surface area contributed by atoms with Crippen LogP contribution in [0.15, 0.2) is 34.5 Å². The van der Waals surface area contributed by atoms with Crippen molar-refractivity contribution in [2.75, 3.05) is 32.8 Å². The Bertz CT molecular complexity index is 1030. The number of benzene rings is 1. The molecule has 0 atom stereocenters. The molecule has 1 fully saturated rings. The summed E-state index contributed by atoms with van der Waals surface area (Å²) < 4.78 is 32.4. The van der Waals surface area contributed by atoms with Crippen LogP contribution in [0.3, 0.4) is 0 Å². The number of nitro groups is 1. The molecule has 1 amide bonds. The summed E-state index contributed by atoms with van der Waals surface area (Å²) in [4.78, 5) is 24.4. The first-order valence-corrected chi connectivity index (χ1v) is 11.2. The molecule has 156 valence electrons. The maximum Gasteiger partial charge on any atom is 0.311 e. The number of thiophene rings is 1. The number of piperazine rings is 1. The second kappa shape index (κ2) is 8.66. The summed E-state index contributed by atoms with van der Waals surface area (Å²) in [5.74, 6) is -0.346. The van der Waals surface area contributed by atoms with E-state index in [9.17, 15) is 23.3 Å². The number of ether oxygens (including phenoxy) is 1. The number of rotatable bonds is 6. The lowest BCUT2D eigenvalue weighted by molar-refractivity contribution is -0.385. The van der Waals surface area contributed by atoms with Gasteiger partial charge in [0.1, 0.15) is 4.21 Å². The fourth-order valence-corrected chi connectivity index (χ4v) is 5.92. The van der Waals surface area contributed by atoms with Crippen molar-refractivity contribution in [3.05, 3.63) is 50.3 Å². The predicted molar refractivity (Wildman–Crippen MR) is 108 cm³/mol. The van der Waals surface area contributed by atoms with Crippen LogP contribution in [0.25, 0.3) is 0 Å². The van der Waals surface area contributed by atoms with Gasteiger partial charge in [0.05, 0.1) is 9.26 Å². The van der Waals surface area contributed by atoms with Crippen molar-refractivity contribution in [2.45, 2.75) is 11.1 Å². The largest absolute Gasteiger partial charge is 0.477 e. The van der Waals surface area contributed by atoms with Gasteiger partial charge in [-0.05, 0) is 30.7 Å². The molecule has 2 heterocycles. The molecule has 3 rings (SSSR count). The smallest absolute Gasteiger partial charge is 0.311 e. The first-order valence-electron chi connectivity index (χ1n) is 8.59. The maximum absolute atomic E-state index is 12.6. The van der Waals surface area contributed by atoms with Crippen LogP contribution in [0.5, 0.6) is 5.75 Å². The molecule has 12 heteroatoms. The van der Waals surface area contributed by atoms with Crippen LogP contribution >= 0.6 is 22.9 Å². The van der Waals surface area contributed by atoms with Gasteiger partial charge in [-0.3, -0.25) is 14.9 Å². The fourth-order valence-electron chi connectivity index (χ4n) is 2.86. The van der Waals surface area contributed by atoms with Gasteiger partial charge in [-0.15, -0.1) is 11.3 Å². The Morgan fingerprint density at radius 3 is 2.52 bits per heavy atom. The zero-order valence-electron chi connectivity index (χ0n) is 15.4. The third-order valence-electron chi connectivity index (χ3n) is 4.40. The molecule has 9 nitrogen and oxygen atoms in total. The first-order chi connectivity index (χ1) is 13.7. The Balaban J connectivity index is 1.58. The number of nitrogens with zero attached hydrogens (tertiary/aromatic N) is 3. The summed E-state index contributed by atoms with van der Waals surface area (Å²) in [7, 11) is -3.64.